The molecule has 1 aliphatic carbocycles. The number of rotatable bonds is 3. The Kier molecular flexibility index (Phi) is 5.25. The van der Waals surface area contributed by atoms with Gasteiger partial charge in [-0.05, 0) is 49.4 Å². The van der Waals surface area contributed by atoms with Crippen LogP contribution in [-0.2, 0) is 20.7 Å². The Labute approximate surface area is 151 Å². The minimum atomic E-state index is -0.950. The van der Waals surface area contributed by atoms with Crippen LogP contribution in [0.1, 0.15) is 24.8 Å². The second-order valence-corrected chi connectivity index (χ2v) is 6.55. The number of carboxylic acids is 1. The molecule has 1 heterocycles. The number of carbonyl (C=O) groups excluding carboxylic acids is 2. The van der Waals surface area contributed by atoms with Gasteiger partial charge in [0.2, 0.25) is 5.91 Å². The number of hydrogen-bond acceptors (Lipinski definition) is 4. The van der Waals surface area contributed by atoms with E-state index in [-0.39, 0.29) is 5.91 Å². The molecular formula is C19H22N2O5. The van der Waals surface area contributed by atoms with E-state index in [1.165, 1.54) is 7.11 Å². The number of carbonyl (C=O) groups is 3. The van der Waals surface area contributed by atoms with Crippen LogP contribution in [0.5, 0.6) is 0 Å². The monoisotopic (exact) mass is 358 g/mol. The van der Waals surface area contributed by atoms with Gasteiger partial charge in [-0.25, -0.2) is 4.79 Å². The zero-order valence-corrected chi connectivity index (χ0v) is 14.6. The van der Waals surface area contributed by atoms with Crippen LogP contribution in [0, 0.1) is 11.8 Å². The number of anilines is 2. The third kappa shape index (κ3) is 3.56. The molecule has 0 bridgehead atoms. The summed E-state index contributed by atoms with van der Waals surface area (Å²) in [6.45, 7) is 0.597. The molecule has 2 aliphatic rings. The summed E-state index contributed by atoms with van der Waals surface area (Å²) in [7, 11) is 1.35. The summed E-state index contributed by atoms with van der Waals surface area (Å²) in [6.07, 6.45) is 5.66. The number of allylic oxidation sites excluding steroid dienone is 2. The van der Waals surface area contributed by atoms with Crippen molar-refractivity contribution in [1.29, 1.82) is 0 Å². The summed E-state index contributed by atoms with van der Waals surface area (Å²) < 4.78 is 4.81. The van der Waals surface area contributed by atoms with Gasteiger partial charge in [0.15, 0.2) is 0 Å². The highest BCUT2D eigenvalue weighted by atomic mass is 16.5. The summed E-state index contributed by atoms with van der Waals surface area (Å²) in [5.41, 5.74) is 2.35. The molecule has 26 heavy (non-hydrogen) atoms. The third-order valence-corrected chi connectivity index (χ3v) is 4.95. The number of nitrogens with one attached hydrogen (secondary N) is 1. The minimum Gasteiger partial charge on any atom is -0.481 e. The molecule has 2 amide bonds. The van der Waals surface area contributed by atoms with Gasteiger partial charge in [-0.15, -0.1) is 0 Å². The molecule has 7 nitrogen and oxygen atoms in total. The van der Waals surface area contributed by atoms with Gasteiger partial charge in [-0.2, -0.15) is 0 Å². The van der Waals surface area contributed by atoms with Crippen molar-refractivity contribution >= 4 is 29.3 Å². The number of nitrogens with zero attached hydrogens (tertiary/aromatic N) is 1. The number of hydrogen-bond donors (Lipinski definition) is 2. The van der Waals surface area contributed by atoms with Gasteiger partial charge in [0.05, 0.1) is 24.6 Å². The van der Waals surface area contributed by atoms with Crippen molar-refractivity contribution in [3.05, 3.63) is 35.9 Å². The molecule has 0 aromatic heterocycles. The van der Waals surface area contributed by atoms with E-state index >= 15 is 0 Å². The standard InChI is InChI=1S/C19H22N2O5/c1-26-19(25)21-10-4-5-12-11-13(8-9-16(12)21)20-17(22)14-6-2-3-7-15(14)18(23)24/h2-3,8-9,11,14-15H,4-7,10H2,1H3,(H,20,22)(H,23,24)/t14-,15-/m1/s1. The first kappa shape index (κ1) is 18.0. The van der Waals surface area contributed by atoms with Crippen LogP contribution in [0.25, 0.3) is 0 Å². The quantitative estimate of drug-likeness (QED) is 0.810. The average molecular weight is 358 g/mol. The van der Waals surface area contributed by atoms with E-state index in [0.29, 0.717) is 25.1 Å². The molecule has 0 saturated carbocycles. The van der Waals surface area contributed by atoms with E-state index in [4.69, 9.17) is 4.74 Å². The Hall–Kier alpha value is -2.83. The van der Waals surface area contributed by atoms with Gasteiger partial charge in [-0.1, -0.05) is 12.2 Å². The number of aliphatic carboxylic acids is 1. The number of carboxylic acid groups (broad SMARTS) is 1. The molecule has 0 saturated heterocycles. The van der Waals surface area contributed by atoms with Gasteiger partial charge in [0.1, 0.15) is 0 Å². The maximum Gasteiger partial charge on any atom is 0.414 e. The van der Waals surface area contributed by atoms with Crippen molar-refractivity contribution in [2.45, 2.75) is 25.7 Å². The molecule has 0 fully saturated rings. The largest absolute Gasteiger partial charge is 0.481 e. The van der Waals surface area contributed by atoms with Crippen LogP contribution in [0.4, 0.5) is 16.2 Å². The minimum absolute atomic E-state index is 0.290. The lowest BCUT2D eigenvalue weighted by Crippen LogP contribution is -2.36. The number of amides is 2. The van der Waals surface area contributed by atoms with Crippen molar-refractivity contribution in [2.24, 2.45) is 11.8 Å². The zero-order valence-electron chi connectivity index (χ0n) is 14.6. The van der Waals surface area contributed by atoms with Crippen LogP contribution in [-0.4, -0.2) is 36.7 Å². The Balaban J connectivity index is 1.77. The molecule has 0 unspecified atom stereocenters. The molecule has 0 radical (unpaired) electrons. The van der Waals surface area contributed by atoms with Crippen molar-refractivity contribution < 1.29 is 24.2 Å². The van der Waals surface area contributed by atoms with Gasteiger partial charge < -0.3 is 15.2 Å². The second kappa shape index (κ2) is 7.59. The second-order valence-electron chi connectivity index (χ2n) is 6.55. The normalized spacial score (nSPS) is 21.7. The Morgan fingerprint density at radius 2 is 1.92 bits per heavy atom. The fourth-order valence-corrected chi connectivity index (χ4v) is 3.59. The molecule has 0 spiro atoms. The van der Waals surface area contributed by atoms with Gasteiger partial charge in [0, 0.05) is 12.2 Å². The van der Waals surface area contributed by atoms with Gasteiger partial charge >= 0.3 is 12.1 Å². The number of fused-ring (bicyclic) bond motifs is 1. The molecule has 2 atom stereocenters. The van der Waals surface area contributed by atoms with E-state index in [1.807, 2.05) is 18.2 Å². The predicted molar refractivity (Wildman–Crippen MR) is 96.1 cm³/mol. The molecule has 3 rings (SSSR count). The highest BCUT2D eigenvalue weighted by molar-refractivity contribution is 5.96. The number of benzene rings is 1. The first-order valence-electron chi connectivity index (χ1n) is 8.68. The van der Waals surface area contributed by atoms with Crippen LogP contribution in [0.3, 0.4) is 0 Å². The van der Waals surface area contributed by atoms with Gasteiger partial charge in [0.25, 0.3) is 0 Å². The summed E-state index contributed by atoms with van der Waals surface area (Å²) in [5.74, 6) is -2.52. The van der Waals surface area contributed by atoms with Crippen LogP contribution >= 0.6 is 0 Å². The molecule has 1 aromatic carbocycles. The lowest BCUT2D eigenvalue weighted by atomic mass is 9.82. The zero-order chi connectivity index (χ0) is 18.7. The van der Waals surface area contributed by atoms with Crippen LogP contribution in [0.15, 0.2) is 30.4 Å². The smallest absolute Gasteiger partial charge is 0.414 e. The van der Waals surface area contributed by atoms with Gasteiger partial charge in [-0.3, -0.25) is 14.5 Å². The van der Waals surface area contributed by atoms with E-state index in [0.717, 1.165) is 24.1 Å². The highest BCUT2D eigenvalue weighted by Crippen LogP contribution is 2.31. The van der Waals surface area contributed by atoms with E-state index < -0.39 is 23.9 Å². The average Bonchev–Trinajstić information content (AvgIpc) is 2.66. The summed E-state index contributed by atoms with van der Waals surface area (Å²) in [6, 6.07) is 5.36. The van der Waals surface area contributed by atoms with E-state index in [9.17, 15) is 19.5 Å². The Morgan fingerprint density at radius 1 is 1.19 bits per heavy atom. The van der Waals surface area contributed by atoms with Crippen molar-refractivity contribution in [2.75, 3.05) is 23.9 Å². The highest BCUT2D eigenvalue weighted by Gasteiger charge is 2.34. The predicted octanol–water partition coefficient (Wildman–Crippen LogP) is 2.81. The maximum absolute atomic E-state index is 12.6. The number of ether oxygens (including phenoxy) is 1. The first-order valence-corrected chi connectivity index (χ1v) is 8.68. The lowest BCUT2D eigenvalue weighted by Gasteiger charge is -2.29. The van der Waals surface area contributed by atoms with Crippen molar-refractivity contribution in [3.63, 3.8) is 0 Å². The van der Waals surface area contributed by atoms with E-state index in [2.05, 4.69) is 5.32 Å². The Bertz CT molecular complexity index is 758. The maximum atomic E-state index is 12.6. The molecule has 138 valence electrons. The van der Waals surface area contributed by atoms with Crippen molar-refractivity contribution in [1.82, 2.24) is 0 Å². The summed E-state index contributed by atoms with van der Waals surface area (Å²) in [5, 5.41) is 12.2. The number of methoxy groups -OCH3 is 1. The lowest BCUT2D eigenvalue weighted by molar-refractivity contribution is -0.146. The van der Waals surface area contributed by atoms with Crippen molar-refractivity contribution in [3.8, 4) is 0 Å². The first-order chi connectivity index (χ1) is 12.5. The SMILES string of the molecule is COC(=O)N1CCCc2cc(NC(=O)[C@@H]3CC=CC[C@H]3C(=O)O)ccc21. The van der Waals surface area contributed by atoms with Crippen LogP contribution < -0.4 is 10.2 Å². The van der Waals surface area contributed by atoms with Crippen LogP contribution in [0.2, 0.25) is 0 Å². The molecular weight excluding hydrogens is 336 g/mol. The molecule has 7 heteroatoms. The van der Waals surface area contributed by atoms with E-state index in [1.54, 1.807) is 17.0 Å². The Morgan fingerprint density at radius 3 is 2.62 bits per heavy atom. The third-order valence-electron chi connectivity index (χ3n) is 4.95. The molecule has 2 N–H and O–H groups in total. The molecule has 1 aromatic rings. The fraction of sp³-hybridized carbons (Fsp3) is 0.421. The summed E-state index contributed by atoms with van der Waals surface area (Å²) >= 11 is 0. The summed E-state index contributed by atoms with van der Waals surface area (Å²) in [4.78, 5) is 37.4. The topological polar surface area (TPSA) is 95.9 Å². The fourth-order valence-electron chi connectivity index (χ4n) is 3.59. The number of aryl methyl sites for hydroxylation is 1. The molecule has 1 aliphatic heterocycles.